The summed E-state index contributed by atoms with van der Waals surface area (Å²) in [5.74, 6) is 0.471. The molecule has 2 aromatic heterocycles. The van der Waals surface area contributed by atoms with Crippen LogP contribution in [0.4, 0.5) is 11.6 Å². The summed E-state index contributed by atoms with van der Waals surface area (Å²) in [6.07, 6.45) is 3.51. The molecule has 0 aliphatic heterocycles. The molecular weight excluding hydrogens is 327 g/mol. The molecule has 0 radical (unpaired) electrons. The van der Waals surface area contributed by atoms with Crippen LogP contribution >= 0.6 is 34.5 Å². The monoisotopic (exact) mass is 336 g/mol. The number of anilines is 2. The summed E-state index contributed by atoms with van der Waals surface area (Å²) in [5, 5.41) is 5.06. The third-order valence-corrected chi connectivity index (χ3v) is 3.99. The Morgan fingerprint density at radius 3 is 2.52 bits per heavy atom. The average molecular weight is 337 g/mol. The standard InChI is InChI=1S/C14H10Cl2N4S/c1-8-7-18-13(21-8)12-2-3-17-14(20-12)19-11-5-9(15)4-10(16)6-11/h2-7H,1H3,(H,17,19,20). The first-order valence-corrected chi connectivity index (χ1v) is 7.66. The molecule has 106 valence electrons. The van der Waals surface area contributed by atoms with Crippen LogP contribution in [0.15, 0.2) is 36.7 Å². The van der Waals surface area contributed by atoms with Crippen molar-refractivity contribution in [2.45, 2.75) is 6.92 Å². The molecule has 1 aromatic carbocycles. The highest BCUT2D eigenvalue weighted by atomic mass is 35.5. The number of thiazole rings is 1. The van der Waals surface area contributed by atoms with Gasteiger partial charge in [-0.1, -0.05) is 23.2 Å². The number of aromatic nitrogens is 3. The summed E-state index contributed by atoms with van der Waals surface area (Å²) in [6.45, 7) is 2.01. The molecule has 3 rings (SSSR count). The largest absolute Gasteiger partial charge is 0.324 e. The van der Waals surface area contributed by atoms with Gasteiger partial charge in [0.25, 0.3) is 0 Å². The van der Waals surface area contributed by atoms with Crippen molar-refractivity contribution >= 4 is 46.2 Å². The Labute approximate surface area is 135 Å². The van der Waals surface area contributed by atoms with E-state index in [9.17, 15) is 0 Å². The molecule has 0 aliphatic carbocycles. The van der Waals surface area contributed by atoms with Crippen molar-refractivity contribution in [3.8, 4) is 10.7 Å². The Kier molecular flexibility index (Phi) is 4.05. The Morgan fingerprint density at radius 1 is 1.10 bits per heavy atom. The van der Waals surface area contributed by atoms with Gasteiger partial charge in [-0.05, 0) is 31.2 Å². The molecule has 0 bridgehead atoms. The fourth-order valence-electron chi connectivity index (χ4n) is 1.77. The number of halogens is 2. The zero-order valence-corrected chi connectivity index (χ0v) is 13.3. The van der Waals surface area contributed by atoms with Gasteiger partial charge in [0.1, 0.15) is 10.7 Å². The summed E-state index contributed by atoms with van der Waals surface area (Å²) in [7, 11) is 0. The first-order chi connectivity index (χ1) is 10.1. The molecular formula is C14H10Cl2N4S. The fourth-order valence-corrected chi connectivity index (χ4v) is 3.03. The lowest BCUT2D eigenvalue weighted by molar-refractivity contribution is 1.16. The summed E-state index contributed by atoms with van der Waals surface area (Å²) < 4.78 is 0. The second kappa shape index (κ2) is 5.97. The Hall–Kier alpha value is -1.69. The molecule has 0 atom stereocenters. The maximum atomic E-state index is 5.97. The van der Waals surface area contributed by atoms with Crippen molar-refractivity contribution < 1.29 is 0 Å². The zero-order valence-electron chi connectivity index (χ0n) is 11.0. The van der Waals surface area contributed by atoms with Crippen LogP contribution in [0.25, 0.3) is 10.7 Å². The molecule has 0 unspecified atom stereocenters. The summed E-state index contributed by atoms with van der Waals surface area (Å²) >= 11 is 13.5. The lowest BCUT2D eigenvalue weighted by Crippen LogP contribution is -1.97. The minimum absolute atomic E-state index is 0.471. The van der Waals surface area contributed by atoms with Gasteiger partial charge in [0.05, 0.1) is 0 Å². The summed E-state index contributed by atoms with van der Waals surface area (Å²) in [4.78, 5) is 14.1. The van der Waals surface area contributed by atoms with E-state index in [4.69, 9.17) is 23.2 Å². The first-order valence-electron chi connectivity index (χ1n) is 6.09. The van der Waals surface area contributed by atoms with E-state index >= 15 is 0 Å². The lowest BCUT2D eigenvalue weighted by atomic mass is 10.3. The number of nitrogens with one attached hydrogen (secondary N) is 1. The molecule has 0 saturated carbocycles. The second-order valence-electron chi connectivity index (χ2n) is 4.32. The van der Waals surface area contributed by atoms with Crippen molar-refractivity contribution in [3.63, 3.8) is 0 Å². The highest BCUT2D eigenvalue weighted by molar-refractivity contribution is 7.14. The molecule has 0 saturated heterocycles. The number of hydrogen-bond acceptors (Lipinski definition) is 5. The molecule has 21 heavy (non-hydrogen) atoms. The minimum atomic E-state index is 0.471. The Morgan fingerprint density at radius 2 is 1.86 bits per heavy atom. The van der Waals surface area contributed by atoms with Crippen LogP contribution in [0, 0.1) is 6.92 Å². The first kappa shape index (κ1) is 14.3. The van der Waals surface area contributed by atoms with Crippen LogP contribution in [-0.4, -0.2) is 15.0 Å². The van der Waals surface area contributed by atoms with Gasteiger partial charge in [-0.15, -0.1) is 11.3 Å². The molecule has 4 nitrogen and oxygen atoms in total. The van der Waals surface area contributed by atoms with E-state index in [0.717, 1.165) is 21.3 Å². The lowest BCUT2D eigenvalue weighted by Gasteiger charge is -2.06. The van der Waals surface area contributed by atoms with Crippen LogP contribution in [0.3, 0.4) is 0 Å². The quantitative estimate of drug-likeness (QED) is 0.734. The Bertz CT molecular complexity index is 768. The van der Waals surface area contributed by atoms with Gasteiger partial charge in [-0.3, -0.25) is 0 Å². The molecule has 0 fully saturated rings. The van der Waals surface area contributed by atoms with E-state index in [-0.39, 0.29) is 0 Å². The predicted molar refractivity (Wildman–Crippen MR) is 87.6 cm³/mol. The highest BCUT2D eigenvalue weighted by Gasteiger charge is 2.07. The molecule has 0 spiro atoms. The molecule has 0 aliphatic rings. The normalized spacial score (nSPS) is 10.6. The van der Waals surface area contributed by atoms with Crippen LogP contribution in [0.2, 0.25) is 10.0 Å². The SMILES string of the molecule is Cc1cnc(-c2ccnc(Nc3cc(Cl)cc(Cl)c3)n2)s1. The van der Waals surface area contributed by atoms with Crippen LogP contribution < -0.4 is 5.32 Å². The second-order valence-corrected chi connectivity index (χ2v) is 6.43. The molecule has 3 aromatic rings. The van der Waals surface area contributed by atoms with E-state index < -0.39 is 0 Å². The third-order valence-electron chi connectivity index (χ3n) is 2.61. The third kappa shape index (κ3) is 3.50. The Balaban J connectivity index is 1.89. The van der Waals surface area contributed by atoms with Crippen molar-refractivity contribution in [1.82, 2.24) is 15.0 Å². The minimum Gasteiger partial charge on any atom is -0.324 e. The number of hydrogen-bond donors (Lipinski definition) is 1. The number of nitrogens with zero attached hydrogens (tertiary/aromatic N) is 3. The zero-order chi connectivity index (χ0) is 14.8. The fraction of sp³-hybridized carbons (Fsp3) is 0.0714. The van der Waals surface area contributed by atoms with Gasteiger partial charge in [0.2, 0.25) is 5.95 Å². The van der Waals surface area contributed by atoms with Gasteiger partial charge in [-0.2, -0.15) is 0 Å². The maximum absolute atomic E-state index is 5.97. The molecule has 0 amide bonds. The summed E-state index contributed by atoms with van der Waals surface area (Å²) in [6, 6.07) is 7.02. The molecule has 1 N–H and O–H groups in total. The van der Waals surface area contributed by atoms with E-state index in [1.54, 1.807) is 35.7 Å². The topological polar surface area (TPSA) is 50.7 Å². The molecule has 7 heteroatoms. The van der Waals surface area contributed by atoms with Crippen LogP contribution in [0.5, 0.6) is 0 Å². The van der Waals surface area contributed by atoms with Gasteiger partial charge in [-0.25, -0.2) is 15.0 Å². The van der Waals surface area contributed by atoms with Crippen LogP contribution in [0.1, 0.15) is 4.88 Å². The van der Waals surface area contributed by atoms with E-state index in [2.05, 4.69) is 20.3 Å². The number of rotatable bonds is 3. The van der Waals surface area contributed by atoms with Gasteiger partial charge in [0.15, 0.2) is 0 Å². The average Bonchev–Trinajstić information content (AvgIpc) is 2.84. The van der Waals surface area contributed by atoms with Crippen LogP contribution in [-0.2, 0) is 0 Å². The number of aryl methyl sites for hydroxylation is 1. The van der Waals surface area contributed by atoms with Crippen molar-refractivity contribution in [3.05, 3.63) is 51.6 Å². The van der Waals surface area contributed by atoms with Gasteiger partial charge in [0, 0.05) is 33.0 Å². The maximum Gasteiger partial charge on any atom is 0.227 e. The van der Waals surface area contributed by atoms with Crippen molar-refractivity contribution in [2.75, 3.05) is 5.32 Å². The van der Waals surface area contributed by atoms with Crippen molar-refractivity contribution in [2.24, 2.45) is 0 Å². The molecule has 2 heterocycles. The van der Waals surface area contributed by atoms with E-state index in [1.807, 2.05) is 19.2 Å². The van der Waals surface area contributed by atoms with E-state index in [1.165, 1.54) is 0 Å². The van der Waals surface area contributed by atoms with Crippen molar-refractivity contribution in [1.29, 1.82) is 0 Å². The smallest absolute Gasteiger partial charge is 0.227 e. The predicted octanol–water partition coefficient (Wildman–Crippen LogP) is 4.96. The number of benzene rings is 1. The van der Waals surface area contributed by atoms with Gasteiger partial charge < -0.3 is 5.32 Å². The van der Waals surface area contributed by atoms with E-state index in [0.29, 0.717) is 16.0 Å². The highest BCUT2D eigenvalue weighted by Crippen LogP contribution is 2.26. The van der Waals surface area contributed by atoms with Gasteiger partial charge >= 0.3 is 0 Å². The summed E-state index contributed by atoms with van der Waals surface area (Å²) in [5.41, 5.74) is 1.51.